The minimum Gasteiger partial charge on any atom is -0.444 e. The first-order valence-corrected chi connectivity index (χ1v) is 12.5. The molecule has 1 aromatic carbocycles. The van der Waals surface area contributed by atoms with Gasteiger partial charge in [0.25, 0.3) is 0 Å². The van der Waals surface area contributed by atoms with Crippen molar-refractivity contribution in [3.8, 4) is 5.69 Å². The smallest absolute Gasteiger partial charge is 0.410 e. The summed E-state index contributed by atoms with van der Waals surface area (Å²) in [5.74, 6) is -1.79. The standard InChI is InChI=1S/C25H34F2N6O4/c1-24(2,3)37-23(36)32-14-25(4,5)20(34)13-19(32)22(35)31-10-8-15(9-11-31)21-28-30-33(29-21)16-6-7-17(26)18(27)12-16/h6-7,12,15,19-20,34H,8-11,13-14H2,1-5H3/t19-,20+/m0/s1. The number of benzene rings is 1. The van der Waals surface area contributed by atoms with E-state index >= 15 is 0 Å². The number of tetrazole rings is 1. The van der Waals surface area contributed by atoms with Gasteiger partial charge in [0.1, 0.15) is 11.6 Å². The lowest BCUT2D eigenvalue weighted by atomic mass is 9.78. The molecule has 202 valence electrons. The quantitative estimate of drug-likeness (QED) is 0.662. The van der Waals surface area contributed by atoms with Crippen molar-refractivity contribution in [3.63, 3.8) is 0 Å². The van der Waals surface area contributed by atoms with E-state index in [4.69, 9.17) is 4.74 Å². The Labute approximate surface area is 214 Å². The van der Waals surface area contributed by atoms with Crippen molar-refractivity contribution in [1.82, 2.24) is 30.0 Å². The largest absolute Gasteiger partial charge is 0.444 e. The Bertz CT molecular complexity index is 1160. The average Bonchev–Trinajstić information content (AvgIpc) is 3.31. The molecule has 1 aromatic heterocycles. The van der Waals surface area contributed by atoms with Crippen LogP contribution in [0.5, 0.6) is 0 Å². The molecule has 2 saturated heterocycles. The van der Waals surface area contributed by atoms with Gasteiger partial charge in [-0.25, -0.2) is 13.6 Å². The van der Waals surface area contributed by atoms with Gasteiger partial charge in [-0.3, -0.25) is 9.69 Å². The topological polar surface area (TPSA) is 114 Å². The van der Waals surface area contributed by atoms with Crippen molar-refractivity contribution >= 4 is 12.0 Å². The van der Waals surface area contributed by atoms with Gasteiger partial charge in [-0.2, -0.15) is 0 Å². The van der Waals surface area contributed by atoms with Crippen LogP contribution in [0.15, 0.2) is 18.2 Å². The van der Waals surface area contributed by atoms with Crippen LogP contribution in [0, 0.1) is 17.0 Å². The van der Waals surface area contributed by atoms with Gasteiger partial charge < -0.3 is 14.7 Å². The highest BCUT2D eigenvalue weighted by atomic mass is 19.2. The van der Waals surface area contributed by atoms with E-state index in [1.165, 1.54) is 11.0 Å². The summed E-state index contributed by atoms with van der Waals surface area (Å²) < 4.78 is 32.4. The SMILES string of the molecule is CC(C)(C)OC(=O)N1CC(C)(C)[C@H](O)C[C@H]1C(=O)N1CCC(c2nnn(-c3ccc(F)c(F)c3)n2)CC1. The third-order valence-corrected chi connectivity index (χ3v) is 6.95. The fraction of sp³-hybridized carbons (Fsp3) is 0.640. The molecule has 0 bridgehead atoms. The summed E-state index contributed by atoms with van der Waals surface area (Å²) in [5, 5.41) is 23.1. The fourth-order valence-corrected chi connectivity index (χ4v) is 4.74. The summed E-state index contributed by atoms with van der Waals surface area (Å²) in [4.78, 5) is 30.8. The number of nitrogens with zero attached hydrogens (tertiary/aromatic N) is 6. The summed E-state index contributed by atoms with van der Waals surface area (Å²) in [7, 11) is 0. The van der Waals surface area contributed by atoms with E-state index in [9.17, 15) is 23.5 Å². The van der Waals surface area contributed by atoms with Gasteiger partial charge in [-0.1, -0.05) is 13.8 Å². The normalized spacial score (nSPS) is 22.7. The molecule has 2 aromatic rings. The van der Waals surface area contributed by atoms with E-state index in [1.54, 1.807) is 25.7 Å². The van der Waals surface area contributed by atoms with Gasteiger partial charge in [-0.15, -0.1) is 15.0 Å². The third kappa shape index (κ3) is 5.89. The van der Waals surface area contributed by atoms with Crippen LogP contribution in [0.2, 0.25) is 0 Å². The molecule has 0 unspecified atom stereocenters. The van der Waals surface area contributed by atoms with Gasteiger partial charge in [0.15, 0.2) is 17.5 Å². The molecule has 0 radical (unpaired) electrons. The predicted molar refractivity (Wildman–Crippen MR) is 129 cm³/mol. The number of aromatic nitrogens is 4. The summed E-state index contributed by atoms with van der Waals surface area (Å²) in [5.41, 5.74) is -1.04. The maximum Gasteiger partial charge on any atom is 0.410 e. The van der Waals surface area contributed by atoms with Crippen LogP contribution in [0.1, 0.15) is 65.6 Å². The highest BCUT2D eigenvalue weighted by Crippen LogP contribution is 2.35. The van der Waals surface area contributed by atoms with Gasteiger partial charge in [-0.05, 0) is 51.0 Å². The number of halogens is 2. The molecule has 2 amide bonds. The summed E-state index contributed by atoms with van der Waals surface area (Å²) in [6.07, 6.45) is -0.0353. The first-order chi connectivity index (χ1) is 17.2. The summed E-state index contributed by atoms with van der Waals surface area (Å²) in [6.45, 7) is 10.1. The lowest BCUT2D eigenvalue weighted by Gasteiger charge is -2.47. The molecule has 10 nitrogen and oxygen atoms in total. The molecule has 2 atom stereocenters. The Morgan fingerprint density at radius 2 is 1.81 bits per heavy atom. The number of aliphatic hydroxyl groups excluding tert-OH is 1. The van der Waals surface area contributed by atoms with Gasteiger partial charge >= 0.3 is 6.09 Å². The molecule has 4 rings (SSSR count). The monoisotopic (exact) mass is 520 g/mol. The molecular weight excluding hydrogens is 486 g/mol. The molecule has 12 heteroatoms. The fourth-order valence-electron chi connectivity index (χ4n) is 4.74. The van der Waals surface area contributed by atoms with E-state index in [0.29, 0.717) is 31.8 Å². The van der Waals surface area contributed by atoms with Crippen LogP contribution >= 0.6 is 0 Å². The number of rotatable bonds is 3. The van der Waals surface area contributed by atoms with Crippen LogP contribution in [-0.4, -0.2) is 84.5 Å². The Kier molecular flexibility index (Phi) is 7.24. The molecule has 0 spiro atoms. The molecular formula is C25H34F2N6O4. The average molecular weight is 521 g/mol. The van der Waals surface area contributed by atoms with E-state index in [0.717, 1.165) is 16.9 Å². The van der Waals surface area contributed by atoms with Crippen molar-refractivity contribution < 1.29 is 28.2 Å². The van der Waals surface area contributed by atoms with E-state index in [-0.39, 0.29) is 30.5 Å². The van der Waals surface area contributed by atoms with Crippen molar-refractivity contribution in [2.45, 2.75) is 77.5 Å². The zero-order valence-corrected chi connectivity index (χ0v) is 21.8. The Balaban J connectivity index is 1.43. The van der Waals surface area contributed by atoms with Crippen LogP contribution in [0.4, 0.5) is 13.6 Å². The van der Waals surface area contributed by atoms with E-state index < -0.39 is 40.9 Å². The highest BCUT2D eigenvalue weighted by Gasteiger charge is 2.47. The molecule has 37 heavy (non-hydrogen) atoms. The van der Waals surface area contributed by atoms with Crippen LogP contribution < -0.4 is 0 Å². The third-order valence-electron chi connectivity index (χ3n) is 6.95. The lowest BCUT2D eigenvalue weighted by Crippen LogP contribution is -2.61. The zero-order chi connectivity index (χ0) is 27.1. The Morgan fingerprint density at radius 1 is 1.14 bits per heavy atom. The highest BCUT2D eigenvalue weighted by molar-refractivity contribution is 5.86. The Morgan fingerprint density at radius 3 is 2.43 bits per heavy atom. The minimum absolute atomic E-state index is 0.0686. The number of aliphatic hydroxyl groups is 1. The first kappa shape index (κ1) is 26.9. The number of likely N-dealkylation sites (tertiary alicyclic amines) is 2. The molecule has 2 aliphatic heterocycles. The van der Waals surface area contributed by atoms with Crippen LogP contribution in [0.3, 0.4) is 0 Å². The Hall–Kier alpha value is -3.15. The van der Waals surface area contributed by atoms with E-state index in [2.05, 4.69) is 15.4 Å². The van der Waals surface area contributed by atoms with Crippen molar-refractivity contribution in [3.05, 3.63) is 35.7 Å². The number of hydrogen-bond acceptors (Lipinski definition) is 7. The second-order valence-electron chi connectivity index (χ2n) is 11.5. The van der Waals surface area contributed by atoms with Crippen molar-refractivity contribution in [1.29, 1.82) is 0 Å². The summed E-state index contributed by atoms with van der Waals surface area (Å²) >= 11 is 0. The molecule has 0 aliphatic carbocycles. The van der Waals surface area contributed by atoms with Crippen molar-refractivity contribution in [2.24, 2.45) is 5.41 Å². The number of carbonyl (C=O) groups excluding carboxylic acids is 2. The molecule has 0 saturated carbocycles. The molecule has 2 aliphatic rings. The second-order valence-corrected chi connectivity index (χ2v) is 11.5. The minimum atomic E-state index is -1.00. The van der Waals surface area contributed by atoms with Gasteiger partial charge in [0, 0.05) is 43.5 Å². The lowest BCUT2D eigenvalue weighted by molar-refractivity contribution is -0.145. The van der Waals surface area contributed by atoms with Gasteiger partial charge in [0.05, 0.1) is 11.8 Å². The molecule has 2 fully saturated rings. The number of piperidine rings is 2. The molecule has 1 N–H and O–H groups in total. The first-order valence-electron chi connectivity index (χ1n) is 12.5. The number of hydrogen-bond donors (Lipinski definition) is 1. The number of carbonyl (C=O) groups is 2. The molecule has 3 heterocycles. The predicted octanol–water partition coefficient (Wildman–Crippen LogP) is 3.04. The van der Waals surface area contributed by atoms with Gasteiger partial charge in [0.2, 0.25) is 5.91 Å². The van der Waals surface area contributed by atoms with Crippen molar-refractivity contribution in [2.75, 3.05) is 19.6 Å². The zero-order valence-electron chi connectivity index (χ0n) is 21.8. The second kappa shape index (κ2) is 9.96. The van der Waals surface area contributed by atoms with Crippen LogP contribution in [-0.2, 0) is 9.53 Å². The maximum atomic E-state index is 13.6. The van der Waals surface area contributed by atoms with E-state index in [1.807, 2.05) is 13.8 Å². The number of ether oxygens (including phenoxy) is 1. The maximum absolute atomic E-state index is 13.6. The number of amides is 2. The van der Waals surface area contributed by atoms with Crippen LogP contribution in [0.25, 0.3) is 5.69 Å². The summed E-state index contributed by atoms with van der Waals surface area (Å²) in [6, 6.07) is 2.54.